The van der Waals surface area contributed by atoms with Gasteiger partial charge in [0.2, 0.25) is 0 Å². The Bertz CT molecular complexity index is 650. The van der Waals surface area contributed by atoms with Crippen LogP contribution < -0.4 is 9.47 Å². The predicted molar refractivity (Wildman–Crippen MR) is 114 cm³/mol. The third kappa shape index (κ3) is 6.32. The van der Waals surface area contributed by atoms with Crippen molar-refractivity contribution in [3.63, 3.8) is 0 Å². The second kappa shape index (κ2) is 10.8. The Morgan fingerprint density at radius 2 is 1.31 bits per heavy atom. The standard InChI is InChI=1S/C25H36O4/c1-3-5-18-6-8-19(9-7-18)20-10-12-21(13-11-20)25(27)29-23-16-14-22(15-17-23)28-24(26)4-2/h14-21H,3-13H2,1-2H3. The van der Waals surface area contributed by atoms with E-state index in [1.54, 1.807) is 31.2 Å². The maximum absolute atomic E-state index is 12.6. The average molecular weight is 401 g/mol. The third-order valence-electron chi connectivity index (χ3n) is 6.92. The average Bonchev–Trinajstić information content (AvgIpc) is 2.76. The number of hydrogen-bond donors (Lipinski definition) is 0. The number of esters is 2. The van der Waals surface area contributed by atoms with E-state index in [0.29, 0.717) is 17.9 Å². The molecule has 0 radical (unpaired) electrons. The fourth-order valence-electron chi connectivity index (χ4n) is 5.16. The molecule has 2 saturated carbocycles. The van der Waals surface area contributed by atoms with Crippen LogP contribution in [0.5, 0.6) is 11.5 Å². The molecule has 0 aromatic heterocycles. The molecule has 0 aliphatic heterocycles. The van der Waals surface area contributed by atoms with Gasteiger partial charge in [0, 0.05) is 6.42 Å². The first kappa shape index (κ1) is 21.9. The molecule has 0 N–H and O–H groups in total. The van der Waals surface area contributed by atoms with Gasteiger partial charge in [-0.15, -0.1) is 0 Å². The number of carbonyl (C=O) groups is 2. The summed E-state index contributed by atoms with van der Waals surface area (Å²) >= 11 is 0. The Morgan fingerprint density at radius 3 is 1.83 bits per heavy atom. The molecule has 0 heterocycles. The van der Waals surface area contributed by atoms with Gasteiger partial charge in [-0.3, -0.25) is 9.59 Å². The molecule has 0 spiro atoms. The monoisotopic (exact) mass is 400 g/mol. The van der Waals surface area contributed by atoms with Gasteiger partial charge in [-0.05, 0) is 80.5 Å². The van der Waals surface area contributed by atoms with Gasteiger partial charge in [0.15, 0.2) is 0 Å². The van der Waals surface area contributed by atoms with Crippen molar-refractivity contribution in [3.8, 4) is 11.5 Å². The second-order valence-corrected chi connectivity index (χ2v) is 8.90. The van der Waals surface area contributed by atoms with Gasteiger partial charge in [-0.2, -0.15) is 0 Å². The second-order valence-electron chi connectivity index (χ2n) is 8.90. The lowest BCUT2D eigenvalue weighted by Gasteiger charge is -2.37. The van der Waals surface area contributed by atoms with Crippen molar-refractivity contribution in [2.24, 2.45) is 23.7 Å². The molecule has 1 aromatic carbocycles. The van der Waals surface area contributed by atoms with E-state index in [9.17, 15) is 9.59 Å². The zero-order chi connectivity index (χ0) is 20.6. The molecule has 3 rings (SSSR count). The topological polar surface area (TPSA) is 52.6 Å². The van der Waals surface area contributed by atoms with E-state index in [2.05, 4.69) is 6.92 Å². The summed E-state index contributed by atoms with van der Waals surface area (Å²) in [5.41, 5.74) is 0. The van der Waals surface area contributed by atoms with Crippen molar-refractivity contribution in [1.82, 2.24) is 0 Å². The van der Waals surface area contributed by atoms with E-state index in [1.807, 2.05) is 0 Å². The lowest BCUT2D eigenvalue weighted by molar-refractivity contribution is -0.140. The van der Waals surface area contributed by atoms with Crippen LogP contribution >= 0.6 is 0 Å². The van der Waals surface area contributed by atoms with Crippen LogP contribution in [-0.2, 0) is 9.59 Å². The summed E-state index contributed by atoms with van der Waals surface area (Å²) in [5, 5.41) is 0. The number of benzene rings is 1. The summed E-state index contributed by atoms with van der Waals surface area (Å²) in [4.78, 5) is 23.9. The Balaban J connectivity index is 1.41. The molecule has 2 aliphatic rings. The molecular formula is C25H36O4. The van der Waals surface area contributed by atoms with Crippen molar-refractivity contribution in [3.05, 3.63) is 24.3 Å². The van der Waals surface area contributed by atoms with Crippen molar-refractivity contribution in [2.75, 3.05) is 0 Å². The molecule has 2 aliphatic carbocycles. The number of rotatable bonds is 7. The molecule has 160 valence electrons. The summed E-state index contributed by atoms with van der Waals surface area (Å²) in [6.07, 6.45) is 12.9. The lowest BCUT2D eigenvalue weighted by Crippen LogP contribution is -2.30. The molecule has 1 aromatic rings. The van der Waals surface area contributed by atoms with E-state index < -0.39 is 0 Å². The molecule has 4 heteroatoms. The largest absolute Gasteiger partial charge is 0.427 e. The van der Waals surface area contributed by atoms with E-state index in [1.165, 1.54) is 38.5 Å². The van der Waals surface area contributed by atoms with E-state index >= 15 is 0 Å². The molecular weight excluding hydrogens is 364 g/mol. The van der Waals surface area contributed by atoms with Crippen LogP contribution in [0.4, 0.5) is 0 Å². The SMILES string of the molecule is CCCC1CCC(C2CCC(C(=O)Oc3ccc(OC(=O)CC)cc3)CC2)CC1. The van der Waals surface area contributed by atoms with Crippen LogP contribution in [0, 0.1) is 23.7 Å². The van der Waals surface area contributed by atoms with Gasteiger partial charge in [0.25, 0.3) is 0 Å². The van der Waals surface area contributed by atoms with Gasteiger partial charge < -0.3 is 9.47 Å². The maximum atomic E-state index is 12.6. The summed E-state index contributed by atoms with van der Waals surface area (Å²) in [5.74, 6) is 3.25. The minimum absolute atomic E-state index is 0.0141. The molecule has 0 amide bonds. The highest BCUT2D eigenvalue weighted by molar-refractivity contribution is 5.75. The Labute approximate surface area is 175 Å². The predicted octanol–water partition coefficient (Wildman–Crippen LogP) is 6.32. The summed E-state index contributed by atoms with van der Waals surface area (Å²) in [6.45, 7) is 4.05. The maximum Gasteiger partial charge on any atom is 0.314 e. The molecule has 0 unspecified atom stereocenters. The molecule has 29 heavy (non-hydrogen) atoms. The fourth-order valence-corrected chi connectivity index (χ4v) is 5.16. The highest BCUT2D eigenvalue weighted by Gasteiger charge is 2.33. The number of carbonyl (C=O) groups excluding carboxylic acids is 2. The van der Waals surface area contributed by atoms with Crippen LogP contribution in [0.15, 0.2) is 24.3 Å². The van der Waals surface area contributed by atoms with Crippen LogP contribution in [0.3, 0.4) is 0 Å². The van der Waals surface area contributed by atoms with Crippen molar-refractivity contribution >= 4 is 11.9 Å². The first-order valence-electron chi connectivity index (χ1n) is 11.6. The number of hydrogen-bond acceptors (Lipinski definition) is 4. The van der Waals surface area contributed by atoms with Crippen LogP contribution in [0.25, 0.3) is 0 Å². The minimum Gasteiger partial charge on any atom is -0.427 e. The summed E-state index contributed by atoms with van der Waals surface area (Å²) < 4.78 is 10.7. The molecule has 2 fully saturated rings. The first-order valence-corrected chi connectivity index (χ1v) is 11.6. The Kier molecular flexibility index (Phi) is 8.14. The third-order valence-corrected chi connectivity index (χ3v) is 6.92. The molecule has 0 atom stereocenters. The van der Waals surface area contributed by atoms with Crippen molar-refractivity contribution in [2.45, 2.75) is 84.5 Å². The zero-order valence-corrected chi connectivity index (χ0v) is 18.0. The van der Waals surface area contributed by atoms with E-state index in [0.717, 1.165) is 43.4 Å². The summed E-state index contributed by atoms with van der Waals surface area (Å²) in [7, 11) is 0. The summed E-state index contributed by atoms with van der Waals surface area (Å²) in [6, 6.07) is 6.72. The van der Waals surface area contributed by atoms with Crippen LogP contribution in [-0.4, -0.2) is 11.9 Å². The number of ether oxygens (including phenoxy) is 2. The van der Waals surface area contributed by atoms with Gasteiger partial charge in [0.1, 0.15) is 11.5 Å². The highest BCUT2D eigenvalue weighted by atomic mass is 16.5. The zero-order valence-electron chi connectivity index (χ0n) is 18.0. The normalized spacial score (nSPS) is 27.2. The quantitative estimate of drug-likeness (QED) is 0.397. The van der Waals surface area contributed by atoms with Crippen molar-refractivity contribution < 1.29 is 19.1 Å². The van der Waals surface area contributed by atoms with Gasteiger partial charge in [-0.1, -0.05) is 39.5 Å². The van der Waals surface area contributed by atoms with E-state index in [4.69, 9.17) is 9.47 Å². The Hall–Kier alpha value is -1.84. The Morgan fingerprint density at radius 1 is 0.793 bits per heavy atom. The first-order chi connectivity index (χ1) is 14.1. The van der Waals surface area contributed by atoms with Gasteiger partial charge >= 0.3 is 11.9 Å². The highest BCUT2D eigenvalue weighted by Crippen LogP contribution is 2.42. The lowest BCUT2D eigenvalue weighted by atomic mass is 9.69. The molecule has 0 saturated heterocycles. The van der Waals surface area contributed by atoms with Crippen molar-refractivity contribution in [1.29, 1.82) is 0 Å². The van der Waals surface area contributed by atoms with Gasteiger partial charge in [-0.25, -0.2) is 0 Å². The molecule has 0 bridgehead atoms. The van der Waals surface area contributed by atoms with Crippen LogP contribution in [0.1, 0.15) is 84.5 Å². The molecule has 4 nitrogen and oxygen atoms in total. The van der Waals surface area contributed by atoms with Crippen LogP contribution in [0.2, 0.25) is 0 Å². The van der Waals surface area contributed by atoms with E-state index in [-0.39, 0.29) is 17.9 Å². The fraction of sp³-hybridized carbons (Fsp3) is 0.680. The smallest absolute Gasteiger partial charge is 0.314 e. The van der Waals surface area contributed by atoms with Gasteiger partial charge in [0.05, 0.1) is 5.92 Å². The minimum atomic E-state index is -0.273.